The van der Waals surface area contributed by atoms with E-state index in [-0.39, 0.29) is 0 Å². The molecule has 1 fully saturated rings. The summed E-state index contributed by atoms with van der Waals surface area (Å²) in [4.78, 5) is 14.2. The van der Waals surface area contributed by atoms with E-state index in [9.17, 15) is 4.91 Å². The van der Waals surface area contributed by atoms with Gasteiger partial charge in [0.1, 0.15) is 18.8 Å². The van der Waals surface area contributed by atoms with Gasteiger partial charge in [-0.3, -0.25) is 0 Å². The highest BCUT2D eigenvalue weighted by atomic mass is 16.5. The van der Waals surface area contributed by atoms with Crippen molar-refractivity contribution < 1.29 is 4.74 Å². The molecule has 5 nitrogen and oxygen atoms in total. The third kappa shape index (κ3) is 4.06. The van der Waals surface area contributed by atoms with Crippen molar-refractivity contribution in [1.29, 1.82) is 0 Å². The number of nitroso groups, excluding NO2 is 1. The Kier molecular flexibility index (Phi) is 5.39. The third-order valence-corrected chi connectivity index (χ3v) is 3.80. The van der Waals surface area contributed by atoms with Gasteiger partial charge in [-0.25, -0.2) is 0 Å². The Hall–Kier alpha value is -1.36. The lowest BCUT2D eigenvalue weighted by Crippen LogP contribution is -2.26. The van der Waals surface area contributed by atoms with Crippen molar-refractivity contribution in [2.45, 2.75) is 51.0 Å². The number of hydrogen-bond acceptors (Lipinski definition) is 5. The summed E-state index contributed by atoms with van der Waals surface area (Å²) < 4.78 is 5.99. The molecular formula is C14H23N3O2. The molecule has 19 heavy (non-hydrogen) atoms. The zero-order valence-corrected chi connectivity index (χ0v) is 11.6. The van der Waals surface area contributed by atoms with Gasteiger partial charge in [-0.05, 0) is 18.0 Å². The van der Waals surface area contributed by atoms with E-state index in [1.807, 2.05) is 29.2 Å². The molecule has 0 atom stereocenters. The predicted molar refractivity (Wildman–Crippen MR) is 74.7 cm³/mol. The van der Waals surface area contributed by atoms with Crippen LogP contribution in [0.25, 0.3) is 0 Å². The van der Waals surface area contributed by atoms with E-state index in [1.54, 1.807) is 0 Å². The van der Waals surface area contributed by atoms with Crippen LogP contribution in [-0.4, -0.2) is 29.7 Å². The molecule has 1 saturated carbocycles. The maximum Gasteiger partial charge on any atom is 0.136 e. The summed E-state index contributed by atoms with van der Waals surface area (Å²) >= 11 is 0. The zero-order valence-electron chi connectivity index (χ0n) is 11.6. The van der Waals surface area contributed by atoms with Gasteiger partial charge in [0, 0.05) is 19.4 Å². The van der Waals surface area contributed by atoms with Gasteiger partial charge in [-0.15, -0.1) is 4.91 Å². The summed E-state index contributed by atoms with van der Waals surface area (Å²) in [6, 6.07) is 0. The molecule has 0 unspecified atom stereocenters. The van der Waals surface area contributed by atoms with Crippen LogP contribution in [-0.2, 0) is 4.74 Å². The molecule has 1 aliphatic carbocycles. The van der Waals surface area contributed by atoms with Gasteiger partial charge < -0.3 is 14.5 Å². The lowest BCUT2D eigenvalue weighted by atomic mass is 9.99. The second-order valence-corrected chi connectivity index (χ2v) is 5.23. The molecule has 0 N–H and O–H groups in total. The predicted octanol–water partition coefficient (Wildman–Crippen LogP) is 3.36. The molecule has 0 spiro atoms. The Morgan fingerprint density at radius 1 is 1.26 bits per heavy atom. The number of ether oxygens (including phenoxy) is 1. The molecule has 1 aliphatic heterocycles. The van der Waals surface area contributed by atoms with Crippen LogP contribution in [0.15, 0.2) is 29.6 Å². The van der Waals surface area contributed by atoms with Crippen LogP contribution < -0.4 is 0 Å². The smallest absolute Gasteiger partial charge is 0.136 e. The number of rotatable bonds is 4. The van der Waals surface area contributed by atoms with Crippen molar-refractivity contribution in [3.8, 4) is 0 Å². The Labute approximate surface area is 114 Å². The normalized spacial score (nSPS) is 23.7. The van der Waals surface area contributed by atoms with Crippen LogP contribution in [0.2, 0.25) is 0 Å². The number of nitrogens with zero attached hydrogens (tertiary/aromatic N) is 3. The molecule has 1 heterocycles. The van der Waals surface area contributed by atoms with Gasteiger partial charge in [0.2, 0.25) is 0 Å². The van der Waals surface area contributed by atoms with E-state index in [1.165, 1.54) is 38.3 Å². The minimum absolute atomic E-state index is 0.352. The molecule has 5 heteroatoms. The van der Waals surface area contributed by atoms with Gasteiger partial charge in [-0.1, -0.05) is 32.1 Å². The fourth-order valence-electron chi connectivity index (χ4n) is 2.63. The van der Waals surface area contributed by atoms with Gasteiger partial charge in [0.15, 0.2) is 0 Å². The highest BCUT2D eigenvalue weighted by Crippen LogP contribution is 2.22. The minimum Gasteiger partial charge on any atom is -0.358 e. The molecule has 0 amide bonds. The molecule has 0 radical (unpaired) electrons. The van der Waals surface area contributed by atoms with Crippen molar-refractivity contribution in [1.82, 2.24) is 9.80 Å². The monoisotopic (exact) mass is 265 g/mol. The summed E-state index contributed by atoms with van der Waals surface area (Å²) in [5.74, 6) is 0.765. The number of hydrogen-bond donors (Lipinski definition) is 0. The first-order valence-electron chi connectivity index (χ1n) is 7.13. The summed E-state index contributed by atoms with van der Waals surface area (Å²) in [6.07, 6.45) is 14.3. The fourth-order valence-corrected chi connectivity index (χ4v) is 2.63. The van der Waals surface area contributed by atoms with Crippen molar-refractivity contribution in [3.63, 3.8) is 0 Å². The van der Waals surface area contributed by atoms with Crippen LogP contribution in [0.4, 0.5) is 0 Å². The van der Waals surface area contributed by atoms with Crippen molar-refractivity contribution >= 4 is 0 Å². The van der Waals surface area contributed by atoms with Gasteiger partial charge in [0.25, 0.3) is 0 Å². The molecule has 0 aromatic heterocycles. The van der Waals surface area contributed by atoms with E-state index in [4.69, 9.17) is 4.74 Å². The van der Waals surface area contributed by atoms with Gasteiger partial charge in [-0.2, -0.15) is 0 Å². The van der Waals surface area contributed by atoms with E-state index in [0.717, 1.165) is 18.7 Å². The lowest BCUT2D eigenvalue weighted by Gasteiger charge is -2.25. The molecular weight excluding hydrogens is 242 g/mol. The quantitative estimate of drug-likeness (QED) is 0.731. The average Bonchev–Trinajstić information content (AvgIpc) is 2.70. The fraction of sp³-hybridized carbons (Fsp3) is 0.714. The Bertz CT molecular complexity index is 347. The zero-order chi connectivity index (χ0) is 13.5. The van der Waals surface area contributed by atoms with E-state index in [2.05, 4.69) is 5.18 Å². The summed E-state index contributed by atoms with van der Waals surface area (Å²) in [7, 11) is 1.89. The Morgan fingerprint density at radius 2 is 1.95 bits per heavy atom. The van der Waals surface area contributed by atoms with E-state index in [0.29, 0.717) is 12.8 Å². The minimum atomic E-state index is 0.352. The second kappa shape index (κ2) is 7.28. The SMILES string of the molecule is CN1C=CN(COC2CCCCCCC2)/C1=C\N=O. The first-order chi connectivity index (χ1) is 9.31. The van der Waals surface area contributed by atoms with Crippen molar-refractivity contribution in [2.24, 2.45) is 5.18 Å². The average molecular weight is 265 g/mol. The first kappa shape index (κ1) is 14.1. The maximum atomic E-state index is 10.4. The van der Waals surface area contributed by atoms with Crippen LogP contribution in [0.1, 0.15) is 44.9 Å². The summed E-state index contributed by atoms with van der Waals surface area (Å²) in [5.41, 5.74) is 0. The topological polar surface area (TPSA) is 45.1 Å². The first-order valence-corrected chi connectivity index (χ1v) is 7.13. The Morgan fingerprint density at radius 3 is 2.63 bits per heavy atom. The van der Waals surface area contributed by atoms with Crippen molar-refractivity contribution in [3.05, 3.63) is 29.3 Å². The standard InChI is InChI=1S/C14H23N3O2/c1-16-9-10-17(14(16)11-15-18)12-19-13-7-5-3-2-4-6-8-13/h9-11,13H,2-8,12H2,1H3/b14-11-. The molecule has 0 aromatic carbocycles. The maximum absolute atomic E-state index is 10.4. The van der Waals surface area contributed by atoms with Crippen LogP contribution in [0, 0.1) is 4.91 Å². The molecule has 0 aromatic rings. The van der Waals surface area contributed by atoms with Crippen LogP contribution >= 0.6 is 0 Å². The van der Waals surface area contributed by atoms with Crippen LogP contribution in [0.3, 0.4) is 0 Å². The van der Waals surface area contributed by atoms with E-state index < -0.39 is 0 Å². The largest absolute Gasteiger partial charge is 0.358 e. The van der Waals surface area contributed by atoms with Gasteiger partial charge in [0.05, 0.1) is 6.10 Å². The van der Waals surface area contributed by atoms with Gasteiger partial charge >= 0.3 is 0 Å². The molecule has 106 valence electrons. The summed E-state index contributed by atoms with van der Waals surface area (Å²) in [6.45, 7) is 0.493. The summed E-state index contributed by atoms with van der Waals surface area (Å²) in [5, 5.41) is 2.85. The molecule has 2 rings (SSSR count). The molecule has 0 bridgehead atoms. The van der Waals surface area contributed by atoms with E-state index >= 15 is 0 Å². The highest BCUT2D eigenvalue weighted by Gasteiger charge is 2.19. The highest BCUT2D eigenvalue weighted by molar-refractivity contribution is 5.12. The Balaban J connectivity index is 1.82. The van der Waals surface area contributed by atoms with Crippen molar-refractivity contribution in [2.75, 3.05) is 13.8 Å². The lowest BCUT2D eigenvalue weighted by molar-refractivity contribution is -0.00896. The second-order valence-electron chi connectivity index (χ2n) is 5.23. The molecule has 0 saturated heterocycles. The van der Waals surface area contributed by atoms with Crippen LogP contribution in [0.5, 0.6) is 0 Å². The molecule has 2 aliphatic rings. The third-order valence-electron chi connectivity index (χ3n) is 3.80.